The topological polar surface area (TPSA) is 130 Å². The first-order chi connectivity index (χ1) is 19.3. The van der Waals surface area contributed by atoms with Gasteiger partial charge in [-0.2, -0.15) is 0 Å². The molecule has 208 valence electrons. The number of halogens is 2. The zero-order chi connectivity index (χ0) is 28.5. The molecule has 3 aromatic carbocycles. The average Bonchev–Trinajstić information content (AvgIpc) is 3.42. The Morgan fingerprint density at radius 1 is 0.900 bits per heavy atom. The number of anilines is 1. The summed E-state index contributed by atoms with van der Waals surface area (Å²) in [5.41, 5.74) is -0.203. The highest BCUT2D eigenvalue weighted by molar-refractivity contribution is 7.80. The van der Waals surface area contributed by atoms with Crippen LogP contribution in [0.25, 0.3) is 0 Å². The van der Waals surface area contributed by atoms with Crippen molar-refractivity contribution in [1.29, 1.82) is 0 Å². The fourth-order valence-corrected chi connectivity index (χ4v) is 4.43. The number of hydrogen-bond acceptors (Lipinski definition) is 9. The third-order valence-electron chi connectivity index (χ3n) is 5.64. The van der Waals surface area contributed by atoms with Crippen molar-refractivity contribution in [2.75, 3.05) is 32.6 Å². The molecule has 0 bridgehead atoms. The first kappa shape index (κ1) is 29.0. The zero-order valence-corrected chi connectivity index (χ0v) is 23.8. The van der Waals surface area contributed by atoms with Crippen LogP contribution in [0.1, 0.15) is 12.0 Å². The number of hydrogen-bond donors (Lipinski definition) is 3. The van der Waals surface area contributed by atoms with Crippen LogP contribution in [0, 0.1) is 0 Å². The minimum Gasteiger partial charge on any atom is -0.497 e. The van der Waals surface area contributed by atoms with Crippen LogP contribution in [0.5, 0.6) is 23.0 Å². The highest BCUT2D eigenvalue weighted by Gasteiger charge is 2.40. The lowest BCUT2D eigenvalue weighted by molar-refractivity contribution is -0.122. The molecule has 0 aromatic heterocycles. The SMILES string of the molecule is COc1cc(NC(=S)NCCNC(=O)CC2(c3ccccc3Oc3ccc(Cl)cc3Cl)N=NN=N2)cc(OC)c1. The van der Waals surface area contributed by atoms with Gasteiger partial charge in [0.25, 0.3) is 0 Å². The van der Waals surface area contributed by atoms with Gasteiger partial charge in [-0.15, -0.1) is 10.2 Å². The maximum absolute atomic E-state index is 12.9. The molecule has 14 heteroatoms. The van der Waals surface area contributed by atoms with Gasteiger partial charge in [-0.05, 0) is 46.9 Å². The molecule has 1 heterocycles. The fourth-order valence-electron chi connectivity index (χ4n) is 3.76. The van der Waals surface area contributed by atoms with Gasteiger partial charge in [0.1, 0.15) is 23.0 Å². The summed E-state index contributed by atoms with van der Waals surface area (Å²) < 4.78 is 16.6. The van der Waals surface area contributed by atoms with Crippen LogP contribution < -0.4 is 30.2 Å². The minimum atomic E-state index is -1.39. The monoisotopic (exact) mass is 601 g/mol. The molecule has 0 saturated carbocycles. The molecule has 0 spiro atoms. The normalized spacial score (nSPS) is 13.0. The van der Waals surface area contributed by atoms with E-state index >= 15 is 0 Å². The van der Waals surface area contributed by atoms with Crippen LogP contribution in [0.4, 0.5) is 5.69 Å². The molecule has 0 fully saturated rings. The number of benzene rings is 3. The Balaban J connectivity index is 1.35. The number of carbonyl (C=O) groups excluding carboxylic acids is 1. The molecular weight excluding hydrogens is 577 g/mol. The summed E-state index contributed by atoms with van der Waals surface area (Å²) in [4.78, 5) is 12.9. The van der Waals surface area contributed by atoms with Crippen LogP contribution in [0.2, 0.25) is 10.0 Å². The number of rotatable bonds is 11. The predicted molar refractivity (Wildman–Crippen MR) is 156 cm³/mol. The Morgan fingerprint density at radius 3 is 2.25 bits per heavy atom. The molecule has 4 rings (SSSR count). The molecule has 1 aliphatic rings. The second-order valence-corrected chi connectivity index (χ2v) is 9.63. The summed E-state index contributed by atoms with van der Waals surface area (Å²) in [6.45, 7) is 0.647. The Bertz CT molecular complexity index is 1420. The van der Waals surface area contributed by atoms with E-state index in [1.54, 1.807) is 74.9 Å². The molecule has 0 radical (unpaired) electrons. The third-order valence-corrected chi connectivity index (χ3v) is 6.42. The Hall–Kier alpha value is -4.00. The van der Waals surface area contributed by atoms with E-state index in [0.29, 0.717) is 56.0 Å². The van der Waals surface area contributed by atoms with Gasteiger partial charge in [-0.3, -0.25) is 4.79 Å². The molecule has 0 atom stereocenters. The van der Waals surface area contributed by atoms with E-state index in [1.807, 2.05) is 0 Å². The highest BCUT2D eigenvalue weighted by atomic mass is 35.5. The Kier molecular flexibility index (Phi) is 9.70. The van der Waals surface area contributed by atoms with Gasteiger partial charge >= 0.3 is 0 Å². The molecule has 3 N–H and O–H groups in total. The number of methoxy groups -OCH3 is 2. The van der Waals surface area contributed by atoms with Crippen molar-refractivity contribution in [2.24, 2.45) is 20.7 Å². The number of nitrogens with zero attached hydrogens (tertiary/aromatic N) is 4. The van der Waals surface area contributed by atoms with Gasteiger partial charge in [0.05, 0.1) is 25.7 Å². The largest absolute Gasteiger partial charge is 0.497 e. The zero-order valence-electron chi connectivity index (χ0n) is 21.5. The summed E-state index contributed by atoms with van der Waals surface area (Å²) >= 11 is 17.6. The van der Waals surface area contributed by atoms with Crippen molar-refractivity contribution in [3.63, 3.8) is 0 Å². The van der Waals surface area contributed by atoms with Crippen LogP contribution in [-0.2, 0) is 10.5 Å². The van der Waals surface area contributed by atoms with E-state index in [-0.39, 0.29) is 18.9 Å². The summed E-state index contributed by atoms with van der Waals surface area (Å²) in [5, 5.41) is 25.8. The van der Waals surface area contributed by atoms with Crippen molar-refractivity contribution in [3.8, 4) is 23.0 Å². The first-order valence-corrected chi connectivity index (χ1v) is 13.1. The molecular formula is C26H25Cl2N7O4S. The van der Waals surface area contributed by atoms with Gasteiger partial charge in [0.2, 0.25) is 11.6 Å². The van der Waals surface area contributed by atoms with Crippen molar-refractivity contribution < 1.29 is 19.0 Å². The third kappa shape index (κ3) is 7.34. The standard InChI is InChI=1S/C26H25Cl2N7O4S/c1-37-18-12-17(13-19(14-18)38-2)31-25(40)30-10-9-29-24(36)15-26(32-34-35-33-26)20-5-3-4-6-22(20)39-23-8-7-16(27)11-21(23)28/h3-8,11-14H,9-10,15H2,1-2H3,(H,29,36)(H2,30,31,40). The number of amides is 1. The van der Waals surface area contributed by atoms with Crippen LogP contribution in [0.3, 0.4) is 0 Å². The maximum Gasteiger partial charge on any atom is 0.232 e. The number of ether oxygens (including phenoxy) is 3. The van der Waals surface area contributed by atoms with Gasteiger partial charge in [0.15, 0.2) is 5.11 Å². The fraction of sp³-hybridized carbons (Fsp3) is 0.231. The van der Waals surface area contributed by atoms with Crippen molar-refractivity contribution in [2.45, 2.75) is 12.1 Å². The lowest BCUT2D eigenvalue weighted by Crippen LogP contribution is -2.38. The Labute approximate surface area is 245 Å². The molecule has 0 saturated heterocycles. The maximum atomic E-state index is 12.9. The molecule has 1 aliphatic heterocycles. The lowest BCUT2D eigenvalue weighted by Gasteiger charge is -2.23. The van der Waals surface area contributed by atoms with Crippen LogP contribution >= 0.6 is 35.4 Å². The Morgan fingerprint density at radius 2 is 1.57 bits per heavy atom. The molecule has 40 heavy (non-hydrogen) atoms. The molecule has 1 amide bonds. The number of carbonyl (C=O) groups is 1. The number of nitrogens with one attached hydrogen (secondary N) is 3. The van der Waals surface area contributed by atoms with Crippen molar-refractivity contribution in [1.82, 2.24) is 10.6 Å². The number of para-hydroxylation sites is 1. The lowest BCUT2D eigenvalue weighted by atomic mass is 9.96. The first-order valence-electron chi connectivity index (χ1n) is 11.9. The second kappa shape index (κ2) is 13.4. The van der Waals surface area contributed by atoms with E-state index in [0.717, 1.165) is 0 Å². The molecule has 11 nitrogen and oxygen atoms in total. The summed E-state index contributed by atoms with van der Waals surface area (Å²) in [6, 6.07) is 17.2. The minimum absolute atomic E-state index is 0.152. The van der Waals surface area contributed by atoms with Crippen LogP contribution in [-0.4, -0.2) is 38.3 Å². The van der Waals surface area contributed by atoms with E-state index in [4.69, 9.17) is 49.6 Å². The highest BCUT2D eigenvalue weighted by Crippen LogP contribution is 2.43. The predicted octanol–water partition coefficient (Wildman–Crippen LogP) is 6.28. The summed E-state index contributed by atoms with van der Waals surface area (Å²) in [7, 11) is 3.13. The van der Waals surface area contributed by atoms with Gasteiger partial charge in [-0.1, -0.05) is 41.4 Å². The smallest absolute Gasteiger partial charge is 0.232 e. The van der Waals surface area contributed by atoms with Crippen molar-refractivity contribution >= 4 is 52.1 Å². The summed E-state index contributed by atoms with van der Waals surface area (Å²) in [5.74, 6) is 1.70. The van der Waals surface area contributed by atoms with Crippen molar-refractivity contribution in [3.05, 3.63) is 76.3 Å². The van der Waals surface area contributed by atoms with E-state index in [2.05, 4.69) is 36.6 Å². The van der Waals surface area contributed by atoms with E-state index < -0.39 is 5.66 Å². The van der Waals surface area contributed by atoms with E-state index in [9.17, 15) is 4.79 Å². The number of thiocarbonyl (C=S) groups is 1. The average molecular weight is 603 g/mol. The summed E-state index contributed by atoms with van der Waals surface area (Å²) in [6.07, 6.45) is -0.152. The van der Waals surface area contributed by atoms with E-state index in [1.165, 1.54) is 0 Å². The van der Waals surface area contributed by atoms with Gasteiger partial charge < -0.3 is 30.2 Å². The molecule has 0 unspecified atom stereocenters. The van der Waals surface area contributed by atoms with Gasteiger partial charge in [-0.25, -0.2) is 0 Å². The molecule has 3 aromatic rings. The quantitative estimate of drug-likeness (QED) is 0.174. The second-order valence-electron chi connectivity index (χ2n) is 8.38. The van der Waals surface area contributed by atoms with Gasteiger partial charge in [0, 0.05) is 47.6 Å². The molecule has 0 aliphatic carbocycles. The van der Waals surface area contributed by atoms with Crippen LogP contribution in [0.15, 0.2) is 81.3 Å².